The molecule has 5 nitrogen and oxygen atoms in total. The highest BCUT2D eigenvalue weighted by Crippen LogP contribution is 2.21. The van der Waals surface area contributed by atoms with Crippen LogP contribution in [0.4, 0.5) is 0 Å². The molecule has 0 aliphatic carbocycles. The Hall–Kier alpha value is -2.66. The van der Waals surface area contributed by atoms with E-state index in [2.05, 4.69) is 21.4 Å². The van der Waals surface area contributed by atoms with E-state index in [1.807, 2.05) is 42.7 Å². The number of H-pyrrole nitrogens is 2. The van der Waals surface area contributed by atoms with E-state index < -0.39 is 0 Å². The van der Waals surface area contributed by atoms with E-state index >= 15 is 0 Å². The molecule has 3 heterocycles. The number of hydrogen-bond acceptors (Lipinski definition) is 2. The fourth-order valence-corrected chi connectivity index (χ4v) is 3.08. The van der Waals surface area contributed by atoms with Gasteiger partial charge in [0.1, 0.15) is 0 Å². The lowest BCUT2D eigenvalue weighted by Gasteiger charge is -2.11. The zero-order chi connectivity index (χ0) is 16.4. The largest absolute Gasteiger partial charge is 0.376 e. The van der Waals surface area contributed by atoms with Crippen LogP contribution in [0.2, 0.25) is 0 Å². The van der Waals surface area contributed by atoms with Crippen LogP contribution in [-0.4, -0.2) is 30.1 Å². The number of aromatic amines is 2. The molecule has 0 unspecified atom stereocenters. The van der Waals surface area contributed by atoms with Crippen molar-refractivity contribution < 1.29 is 14.5 Å². The van der Waals surface area contributed by atoms with Gasteiger partial charge in [-0.15, -0.1) is 0 Å². The molecule has 1 fully saturated rings. The first kappa shape index (κ1) is 14.9. The molecule has 122 valence electrons. The van der Waals surface area contributed by atoms with E-state index in [1.165, 1.54) is 0 Å². The minimum Gasteiger partial charge on any atom is -0.376 e. The van der Waals surface area contributed by atoms with Gasteiger partial charge in [0.15, 0.2) is 0 Å². The second-order valence-corrected chi connectivity index (χ2v) is 6.12. The Balaban J connectivity index is 1.46. The van der Waals surface area contributed by atoms with E-state index in [0.29, 0.717) is 12.1 Å². The molecule has 1 aromatic carbocycles. The monoisotopic (exact) mass is 322 g/mol. The Bertz CT molecular complexity index is 848. The van der Waals surface area contributed by atoms with Crippen LogP contribution in [0.5, 0.6) is 0 Å². The lowest BCUT2D eigenvalue weighted by atomic mass is 10.0. The number of ether oxygens (including phenoxy) is 1. The summed E-state index contributed by atoms with van der Waals surface area (Å²) in [6.07, 6.45) is 6.14. The summed E-state index contributed by atoms with van der Waals surface area (Å²) in [6, 6.07) is 11.8. The van der Waals surface area contributed by atoms with Gasteiger partial charge >= 0.3 is 0 Å². The maximum atomic E-state index is 12.2. The number of rotatable bonds is 4. The fourth-order valence-electron chi connectivity index (χ4n) is 3.08. The molecule has 0 spiro atoms. The number of aromatic nitrogens is 2. The first-order valence-electron chi connectivity index (χ1n) is 8.29. The predicted molar refractivity (Wildman–Crippen MR) is 91.6 cm³/mol. The van der Waals surface area contributed by atoms with Crippen LogP contribution >= 0.6 is 0 Å². The summed E-state index contributed by atoms with van der Waals surface area (Å²) in [5.41, 5.74) is 3.84. The summed E-state index contributed by atoms with van der Waals surface area (Å²) < 4.78 is 5.52. The van der Waals surface area contributed by atoms with Crippen molar-refractivity contribution in [2.45, 2.75) is 18.9 Å². The number of nitrogens with one attached hydrogen (secondary N) is 3. The highest BCUT2D eigenvalue weighted by atomic mass is 16.5. The topological polar surface area (TPSA) is 68.3 Å². The molecule has 2 aromatic heterocycles. The highest BCUT2D eigenvalue weighted by molar-refractivity contribution is 5.94. The van der Waals surface area contributed by atoms with Crippen molar-refractivity contribution in [1.29, 1.82) is 0 Å². The molecule has 0 bridgehead atoms. The molecule has 0 saturated carbocycles. The molecule has 4 rings (SSSR count). The second kappa shape index (κ2) is 6.45. The second-order valence-electron chi connectivity index (χ2n) is 6.12. The van der Waals surface area contributed by atoms with E-state index in [9.17, 15) is 4.79 Å². The van der Waals surface area contributed by atoms with Crippen molar-refractivity contribution in [2.75, 3.05) is 13.2 Å². The Morgan fingerprint density at radius 1 is 1.25 bits per heavy atom. The Kier molecular flexibility index (Phi) is 4.01. The maximum absolute atomic E-state index is 12.2. The normalized spacial score (nSPS) is 17.2. The van der Waals surface area contributed by atoms with Gasteiger partial charge in [0.05, 0.1) is 23.9 Å². The van der Waals surface area contributed by atoms with Crippen LogP contribution in [0.1, 0.15) is 23.2 Å². The van der Waals surface area contributed by atoms with Crippen LogP contribution in [0, 0.1) is 0 Å². The number of benzene rings is 1. The fraction of sp³-hybridized carbons (Fsp3) is 0.263. The van der Waals surface area contributed by atoms with Gasteiger partial charge in [-0.05, 0) is 42.7 Å². The molecular formula is C19H20N3O2+. The molecule has 3 N–H and O–H groups in total. The predicted octanol–water partition coefficient (Wildman–Crippen LogP) is 2.56. The van der Waals surface area contributed by atoms with Gasteiger partial charge in [-0.3, -0.25) is 4.79 Å². The average molecular weight is 322 g/mol. The minimum absolute atomic E-state index is 0.0512. The van der Waals surface area contributed by atoms with E-state index in [4.69, 9.17) is 4.74 Å². The standard InChI is InChI=1S/C19H19N3O2/c23-19(22-12-17-2-1-9-24-17)14-5-3-13(4-6-14)16-10-15-7-8-20-18(15)21-11-16/h3-8,10-11,17H,1-2,9,12H2,(H,20,21)(H,22,23)/p+1/t17-/m0/s1. The van der Waals surface area contributed by atoms with Gasteiger partial charge < -0.3 is 10.1 Å². The number of pyridine rings is 1. The molecule has 24 heavy (non-hydrogen) atoms. The summed E-state index contributed by atoms with van der Waals surface area (Å²) >= 11 is 0. The summed E-state index contributed by atoms with van der Waals surface area (Å²) in [5, 5.41) is 4.08. The van der Waals surface area contributed by atoms with Gasteiger partial charge in [-0.1, -0.05) is 12.1 Å². The quantitative estimate of drug-likeness (QED) is 0.775. The average Bonchev–Trinajstić information content (AvgIpc) is 3.30. The Labute approximate surface area is 140 Å². The summed E-state index contributed by atoms with van der Waals surface area (Å²) in [4.78, 5) is 18.6. The molecule has 3 aromatic rings. The number of carbonyl (C=O) groups is 1. The maximum Gasteiger partial charge on any atom is 0.284 e. The van der Waals surface area contributed by atoms with Crippen molar-refractivity contribution in [1.82, 2.24) is 10.3 Å². The third-order valence-electron chi connectivity index (χ3n) is 4.46. The molecule has 0 radical (unpaired) electrons. The third-order valence-corrected chi connectivity index (χ3v) is 4.46. The molecule has 5 heteroatoms. The number of amides is 1. The van der Waals surface area contributed by atoms with Crippen molar-refractivity contribution in [3.05, 3.63) is 54.4 Å². The van der Waals surface area contributed by atoms with Crippen molar-refractivity contribution in [3.8, 4) is 11.1 Å². The van der Waals surface area contributed by atoms with Gasteiger partial charge in [0.25, 0.3) is 11.6 Å². The van der Waals surface area contributed by atoms with Crippen LogP contribution in [0.3, 0.4) is 0 Å². The van der Waals surface area contributed by atoms with Crippen LogP contribution in [0.15, 0.2) is 48.8 Å². The van der Waals surface area contributed by atoms with Crippen molar-refractivity contribution >= 4 is 16.9 Å². The van der Waals surface area contributed by atoms with Gasteiger partial charge in [0.2, 0.25) is 0 Å². The van der Waals surface area contributed by atoms with Crippen LogP contribution < -0.4 is 10.3 Å². The zero-order valence-electron chi connectivity index (χ0n) is 13.3. The van der Waals surface area contributed by atoms with E-state index in [-0.39, 0.29) is 12.0 Å². The summed E-state index contributed by atoms with van der Waals surface area (Å²) in [6.45, 7) is 1.39. The van der Waals surface area contributed by atoms with E-state index in [1.54, 1.807) is 0 Å². The highest BCUT2D eigenvalue weighted by Gasteiger charge is 2.16. The number of fused-ring (bicyclic) bond motifs is 1. The smallest absolute Gasteiger partial charge is 0.284 e. The summed E-state index contributed by atoms with van der Waals surface area (Å²) in [7, 11) is 0. The zero-order valence-corrected chi connectivity index (χ0v) is 13.3. The molecule has 1 aliphatic heterocycles. The minimum atomic E-state index is -0.0512. The summed E-state index contributed by atoms with van der Waals surface area (Å²) in [5.74, 6) is -0.0512. The van der Waals surface area contributed by atoms with Gasteiger partial charge in [-0.2, -0.15) is 0 Å². The van der Waals surface area contributed by atoms with Crippen LogP contribution in [0.25, 0.3) is 22.2 Å². The number of hydrogen-bond donors (Lipinski definition) is 2. The van der Waals surface area contributed by atoms with Gasteiger partial charge in [-0.25, -0.2) is 9.97 Å². The molecule has 1 amide bonds. The van der Waals surface area contributed by atoms with Crippen molar-refractivity contribution in [3.63, 3.8) is 0 Å². The SMILES string of the molecule is O=C(NC[C@@H]1CCCO1)c1ccc(-c2c[nH+]c3[nH]ccc3c2)cc1. The molecular weight excluding hydrogens is 302 g/mol. The lowest BCUT2D eigenvalue weighted by Crippen LogP contribution is -2.31. The molecule has 1 aliphatic rings. The van der Waals surface area contributed by atoms with Crippen LogP contribution in [-0.2, 0) is 4.74 Å². The first-order valence-corrected chi connectivity index (χ1v) is 8.29. The molecule has 1 atom stereocenters. The first-order chi connectivity index (χ1) is 11.8. The Morgan fingerprint density at radius 3 is 2.92 bits per heavy atom. The number of carbonyl (C=O) groups excluding carboxylic acids is 1. The lowest BCUT2D eigenvalue weighted by molar-refractivity contribution is -0.346. The molecule has 1 saturated heterocycles. The Morgan fingerprint density at radius 2 is 2.12 bits per heavy atom. The third kappa shape index (κ3) is 3.03. The van der Waals surface area contributed by atoms with Gasteiger partial charge in [0, 0.05) is 24.3 Å². The van der Waals surface area contributed by atoms with Crippen molar-refractivity contribution in [2.24, 2.45) is 0 Å². The van der Waals surface area contributed by atoms with E-state index in [0.717, 1.165) is 41.6 Å².